The van der Waals surface area contributed by atoms with Crippen molar-refractivity contribution in [3.05, 3.63) is 0 Å². The van der Waals surface area contributed by atoms with Gasteiger partial charge >= 0.3 is 5.97 Å². The van der Waals surface area contributed by atoms with Crippen molar-refractivity contribution >= 4 is 5.97 Å². The number of carbonyl (C=O) groups is 1. The molecule has 0 bridgehead atoms. The first-order chi connectivity index (χ1) is 7.85. The maximum Gasteiger partial charge on any atom is 0.305 e. The van der Waals surface area contributed by atoms with Gasteiger partial charge in [0.05, 0.1) is 12.6 Å². The van der Waals surface area contributed by atoms with Crippen molar-refractivity contribution in [2.24, 2.45) is 10.2 Å². The number of nitrogens with zero attached hydrogens (tertiary/aromatic N) is 2. The van der Waals surface area contributed by atoms with Crippen molar-refractivity contribution in [1.82, 2.24) is 0 Å². The summed E-state index contributed by atoms with van der Waals surface area (Å²) >= 11 is 0. The highest BCUT2D eigenvalue weighted by Crippen LogP contribution is 2.08. The first-order valence-electron chi connectivity index (χ1n) is 6.15. The normalized spacial score (nSPS) is 13.9. The molecule has 0 aromatic carbocycles. The van der Waals surface area contributed by atoms with Crippen molar-refractivity contribution in [2.45, 2.75) is 65.1 Å². The van der Waals surface area contributed by atoms with E-state index < -0.39 is 5.72 Å². The van der Waals surface area contributed by atoms with Crippen molar-refractivity contribution in [1.29, 1.82) is 0 Å². The van der Waals surface area contributed by atoms with Crippen molar-refractivity contribution in [3.63, 3.8) is 0 Å². The minimum atomic E-state index is -1.14. The van der Waals surface area contributed by atoms with E-state index in [1.165, 1.54) is 0 Å². The van der Waals surface area contributed by atoms with Crippen LogP contribution in [0, 0.1) is 0 Å². The highest BCUT2D eigenvalue weighted by Gasteiger charge is 2.11. The molecule has 0 aliphatic carbocycles. The van der Waals surface area contributed by atoms with Crippen LogP contribution in [0.4, 0.5) is 0 Å². The molecule has 0 radical (unpaired) electrons. The highest BCUT2D eigenvalue weighted by molar-refractivity contribution is 5.69. The molecule has 0 heterocycles. The lowest BCUT2D eigenvalue weighted by molar-refractivity contribution is -0.143. The van der Waals surface area contributed by atoms with Crippen LogP contribution >= 0.6 is 0 Å². The van der Waals surface area contributed by atoms with Gasteiger partial charge in [-0.1, -0.05) is 13.3 Å². The predicted octanol–water partition coefficient (Wildman–Crippen LogP) is 2.68. The van der Waals surface area contributed by atoms with Gasteiger partial charge in [-0.25, -0.2) is 0 Å². The topological polar surface area (TPSA) is 71.2 Å². The predicted molar refractivity (Wildman–Crippen MR) is 65.7 cm³/mol. The Hall–Kier alpha value is -0.970. The minimum Gasteiger partial charge on any atom is -0.466 e. The fraction of sp³-hybridized carbons (Fsp3) is 0.917. The standard InChI is InChI=1S/C12H24N2O3/c1-5-6-9-17-11(15)8-7-10(2)13-14-12(3,4)16/h10,16H,5-9H2,1-4H3. The van der Waals surface area contributed by atoms with Gasteiger partial charge in [-0.15, -0.1) is 0 Å². The van der Waals surface area contributed by atoms with E-state index >= 15 is 0 Å². The maximum atomic E-state index is 11.3. The summed E-state index contributed by atoms with van der Waals surface area (Å²) in [5, 5.41) is 17.0. The average Bonchev–Trinajstić information content (AvgIpc) is 2.23. The second-order valence-corrected chi connectivity index (χ2v) is 4.67. The Bertz CT molecular complexity index is 247. The fourth-order valence-corrected chi connectivity index (χ4v) is 1.03. The Morgan fingerprint density at radius 3 is 2.65 bits per heavy atom. The third kappa shape index (κ3) is 11.3. The van der Waals surface area contributed by atoms with E-state index in [4.69, 9.17) is 4.74 Å². The number of hydrogen-bond donors (Lipinski definition) is 1. The first-order valence-corrected chi connectivity index (χ1v) is 6.15. The molecule has 5 heteroatoms. The van der Waals surface area contributed by atoms with E-state index in [9.17, 15) is 9.90 Å². The smallest absolute Gasteiger partial charge is 0.305 e. The van der Waals surface area contributed by atoms with E-state index in [1.807, 2.05) is 13.8 Å². The van der Waals surface area contributed by atoms with Gasteiger partial charge in [-0.2, -0.15) is 10.2 Å². The molecule has 1 unspecified atom stereocenters. The lowest BCUT2D eigenvalue weighted by atomic mass is 10.2. The van der Waals surface area contributed by atoms with Gasteiger partial charge in [0, 0.05) is 6.42 Å². The van der Waals surface area contributed by atoms with E-state index in [2.05, 4.69) is 10.2 Å². The summed E-state index contributed by atoms with van der Waals surface area (Å²) in [4.78, 5) is 11.3. The van der Waals surface area contributed by atoms with Gasteiger partial charge < -0.3 is 9.84 Å². The molecule has 0 aromatic rings. The third-order valence-electron chi connectivity index (χ3n) is 2.03. The van der Waals surface area contributed by atoms with Gasteiger partial charge in [-0.3, -0.25) is 4.79 Å². The van der Waals surface area contributed by atoms with Crippen molar-refractivity contribution < 1.29 is 14.6 Å². The summed E-state index contributed by atoms with van der Waals surface area (Å²) in [6, 6.07) is -0.0832. The van der Waals surface area contributed by atoms with Crippen molar-refractivity contribution in [3.8, 4) is 0 Å². The van der Waals surface area contributed by atoms with Gasteiger partial charge in [-0.05, 0) is 33.6 Å². The molecule has 17 heavy (non-hydrogen) atoms. The van der Waals surface area contributed by atoms with Crippen LogP contribution in [0.1, 0.15) is 53.4 Å². The van der Waals surface area contributed by atoms with Crippen LogP contribution in [0.2, 0.25) is 0 Å². The van der Waals surface area contributed by atoms with Crippen LogP contribution in [-0.4, -0.2) is 29.4 Å². The van der Waals surface area contributed by atoms with Crippen molar-refractivity contribution in [2.75, 3.05) is 6.61 Å². The van der Waals surface area contributed by atoms with Gasteiger partial charge in [0.2, 0.25) is 0 Å². The third-order valence-corrected chi connectivity index (χ3v) is 2.03. The largest absolute Gasteiger partial charge is 0.466 e. The number of carbonyl (C=O) groups excluding carboxylic acids is 1. The molecular formula is C12H24N2O3. The maximum absolute atomic E-state index is 11.3. The SMILES string of the molecule is CCCCOC(=O)CCC(C)N=NC(C)(C)O. The Labute approximate surface area is 103 Å². The van der Waals surface area contributed by atoms with E-state index in [0.717, 1.165) is 12.8 Å². The van der Waals surface area contributed by atoms with E-state index in [1.54, 1.807) is 13.8 Å². The molecule has 0 rings (SSSR count). The molecular weight excluding hydrogens is 220 g/mol. The molecule has 5 nitrogen and oxygen atoms in total. The molecule has 0 aliphatic heterocycles. The summed E-state index contributed by atoms with van der Waals surface area (Å²) in [6.45, 7) is 7.51. The number of azo groups is 1. The zero-order valence-electron chi connectivity index (χ0n) is 11.3. The Kier molecular flexibility index (Phi) is 7.70. The number of hydrogen-bond acceptors (Lipinski definition) is 5. The zero-order valence-corrected chi connectivity index (χ0v) is 11.3. The van der Waals surface area contributed by atoms with Gasteiger partial charge in [0.1, 0.15) is 0 Å². The van der Waals surface area contributed by atoms with Crippen LogP contribution in [0.3, 0.4) is 0 Å². The quantitative estimate of drug-likeness (QED) is 0.405. The van der Waals surface area contributed by atoms with Crippen LogP contribution in [0.5, 0.6) is 0 Å². The molecule has 0 amide bonds. The number of rotatable bonds is 8. The second-order valence-electron chi connectivity index (χ2n) is 4.67. The zero-order chi connectivity index (χ0) is 13.3. The molecule has 0 aliphatic rings. The van der Waals surface area contributed by atoms with Crippen LogP contribution < -0.4 is 0 Å². The summed E-state index contributed by atoms with van der Waals surface area (Å²) < 4.78 is 5.02. The summed E-state index contributed by atoms with van der Waals surface area (Å²) in [6.07, 6.45) is 2.85. The fourth-order valence-electron chi connectivity index (χ4n) is 1.03. The molecule has 100 valence electrons. The number of aliphatic hydroxyl groups is 1. The lowest BCUT2D eigenvalue weighted by Gasteiger charge is -2.10. The second kappa shape index (κ2) is 8.17. The monoisotopic (exact) mass is 244 g/mol. The Morgan fingerprint density at radius 1 is 1.47 bits per heavy atom. The van der Waals surface area contributed by atoms with Crippen LogP contribution in [0.15, 0.2) is 10.2 Å². The van der Waals surface area contributed by atoms with Crippen LogP contribution in [-0.2, 0) is 9.53 Å². The first kappa shape index (κ1) is 16.0. The lowest BCUT2D eigenvalue weighted by Crippen LogP contribution is -2.15. The molecule has 0 saturated carbocycles. The molecule has 0 spiro atoms. The van der Waals surface area contributed by atoms with Crippen LogP contribution in [0.25, 0.3) is 0 Å². The molecule has 1 N–H and O–H groups in total. The van der Waals surface area contributed by atoms with Gasteiger partial charge in [0.25, 0.3) is 0 Å². The molecule has 0 fully saturated rings. The highest BCUT2D eigenvalue weighted by atomic mass is 16.5. The van der Waals surface area contributed by atoms with E-state index in [0.29, 0.717) is 19.4 Å². The molecule has 0 saturated heterocycles. The Morgan fingerprint density at radius 2 is 2.12 bits per heavy atom. The number of esters is 1. The molecule has 0 aromatic heterocycles. The van der Waals surface area contributed by atoms with Gasteiger partial charge in [0.15, 0.2) is 5.72 Å². The Balaban J connectivity index is 3.73. The van der Waals surface area contributed by atoms with E-state index in [-0.39, 0.29) is 12.0 Å². The molecule has 1 atom stereocenters. The number of ether oxygens (including phenoxy) is 1. The number of unbranched alkanes of at least 4 members (excludes halogenated alkanes) is 1. The summed E-state index contributed by atoms with van der Waals surface area (Å²) in [7, 11) is 0. The minimum absolute atomic E-state index is 0.0832. The summed E-state index contributed by atoms with van der Waals surface area (Å²) in [5.74, 6) is -0.191. The summed E-state index contributed by atoms with van der Waals surface area (Å²) in [5.41, 5.74) is -1.14. The average molecular weight is 244 g/mol.